The van der Waals surface area contributed by atoms with Crippen LogP contribution >= 0.6 is 23.2 Å². The Bertz CT molecular complexity index is 401. The third kappa shape index (κ3) is 2.27. The monoisotopic (exact) mass is 244 g/mol. The summed E-state index contributed by atoms with van der Waals surface area (Å²) < 4.78 is 4.28. The summed E-state index contributed by atoms with van der Waals surface area (Å²) in [7, 11) is 0. The number of carbonyl (C=O) groups excluding carboxylic acids is 1. The molecule has 1 fully saturated rings. The number of hydrogen-bond acceptors (Lipinski definition) is 2. The van der Waals surface area contributed by atoms with Gasteiger partial charge in [-0.1, -0.05) is 18.2 Å². The van der Waals surface area contributed by atoms with E-state index in [2.05, 4.69) is 0 Å². The van der Waals surface area contributed by atoms with Crippen LogP contribution in [0, 0.1) is 12.8 Å². The number of ether oxygens (including phenoxy) is 1. The van der Waals surface area contributed by atoms with E-state index in [1.807, 2.05) is 25.1 Å². The molecule has 2 nitrogen and oxygen atoms in total. The van der Waals surface area contributed by atoms with E-state index in [1.165, 1.54) is 0 Å². The van der Waals surface area contributed by atoms with E-state index in [0.717, 1.165) is 5.56 Å². The predicted octanol–water partition coefficient (Wildman–Crippen LogP) is 3.09. The Kier molecular flexibility index (Phi) is 2.65. The second kappa shape index (κ2) is 3.69. The lowest BCUT2D eigenvalue weighted by atomic mass is 10.2. The quantitative estimate of drug-likeness (QED) is 0.454. The molecule has 0 saturated heterocycles. The third-order valence-electron chi connectivity index (χ3n) is 2.41. The van der Waals surface area contributed by atoms with Crippen molar-refractivity contribution in [1.82, 2.24) is 0 Å². The van der Waals surface area contributed by atoms with Crippen molar-refractivity contribution < 1.29 is 9.53 Å². The van der Waals surface area contributed by atoms with Crippen molar-refractivity contribution in [3.05, 3.63) is 29.8 Å². The first kappa shape index (κ1) is 10.8. The van der Waals surface area contributed by atoms with Crippen LogP contribution in [-0.2, 0) is 4.79 Å². The number of benzene rings is 1. The summed E-state index contributed by atoms with van der Waals surface area (Å²) >= 11 is 11.5. The molecule has 1 aliphatic rings. The van der Waals surface area contributed by atoms with Crippen LogP contribution in [0.3, 0.4) is 0 Å². The van der Waals surface area contributed by atoms with Gasteiger partial charge in [0.25, 0.3) is 0 Å². The molecule has 0 radical (unpaired) electrons. The van der Waals surface area contributed by atoms with Crippen molar-refractivity contribution in [2.24, 2.45) is 5.92 Å². The van der Waals surface area contributed by atoms with Crippen LogP contribution in [0.25, 0.3) is 0 Å². The van der Waals surface area contributed by atoms with E-state index in [0.29, 0.717) is 12.2 Å². The van der Waals surface area contributed by atoms with Crippen molar-refractivity contribution >= 4 is 29.2 Å². The third-order valence-corrected chi connectivity index (χ3v) is 3.25. The van der Waals surface area contributed by atoms with Gasteiger partial charge >= 0.3 is 5.97 Å². The molecule has 1 aliphatic carbocycles. The van der Waals surface area contributed by atoms with Crippen LogP contribution < -0.4 is 4.74 Å². The van der Waals surface area contributed by atoms with Crippen molar-refractivity contribution in [2.45, 2.75) is 17.7 Å². The summed E-state index contributed by atoms with van der Waals surface area (Å²) in [5.41, 5.74) is 0.918. The summed E-state index contributed by atoms with van der Waals surface area (Å²) in [4.78, 5) is 11.6. The average Bonchev–Trinajstić information content (AvgIpc) is 2.79. The smallest absolute Gasteiger partial charge is 0.317 e. The first-order valence-electron chi connectivity index (χ1n) is 4.66. The molecule has 0 N–H and O–H groups in total. The summed E-state index contributed by atoms with van der Waals surface area (Å²) in [5, 5.41) is 0. The Morgan fingerprint density at radius 3 is 2.60 bits per heavy atom. The first-order valence-corrected chi connectivity index (χ1v) is 5.41. The first-order chi connectivity index (χ1) is 7.00. The minimum atomic E-state index is -0.917. The number of alkyl halides is 2. The number of carbonyl (C=O) groups is 1. The molecule has 15 heavy (non-hydrogen) atoms. The van der Waals surface area contributed by atoms with Gasteiger partial charge in [0.1, 0.15) is 10.1 Å². The molecule has 0 heterocycles. The number of halogens is 2. The Hall–Kier alpha value is -0.730. The van der Waals surface area contributed by atoms with Gasteiger partial charge in [0.2, 0.25) is 0 Å². The summed E-state index contributed by atoms with van der Waals surface area (Å²) in [6.45, 7) is 1.88. The highest BCUT2D eigenvalue weighted by molar-refractivity contribution is 6.52. The molecule has 1 saturated carbocycles. The number of esters is 1. The fraction of sp³-hybridized carbons (Fsp3) is 0.364. The van der Waals surface area contributed by atoms with Gasteiger partial charge < -0.3 is 4.74 Å². The van der Waals surface area contributed by atoms with Crippen LogP contribution in [0.1, 0.15) is 12.0 Å². The zero-order chi connectivity index (χ0) is 11.1. The summed E-state index contributed by atoms with van der Waals surface area (Å²) in [5.74, 6) is -0.173. The van der Waals surface area contributed by atoms with Crippen molar-refractivity contribution in [3.63, 3.8) is 0 Å². The molecular formula is C11H10Cl2O2. The molecule has 0 bridgehead atoms. The minimum Gasteiger partial charge on any atom is -0.426 e. The van der Waals surface area contributed by atoms with E-state index in [-0.39, 0.29) is 11.9 Å². The van der Waals surface area contributed by atoms with Crippen LogP contribution in [0.15, 0.2) is 24.3 Å². The molecule has 80 valence electrons. The number of hydrogen-bond donors (Lipinski definition) is 0. The lowest BCUT2D eigenvalue weighted by Gasteiger charge is -2.06. The topological polar surface area (TPSA) is 26.3 Å². The Labute approximate surface area is 98.1 Å². The van der Waals surface area contributed by atoms with Crippen LogP contribution in [0.5, 0.6) is 5.75 Å². The van der Waals surface area contributed by atoms with Gasteiger partial charge in [-0.3, -0.25) is 4.79 Å². The van der Waals surface area contributed by atoms with Crippen molar-refractivity contribution in [1.29, 1.82) is 0 Å². The second-order valence-corrected chi connectivity index (χ2v) is 5.25. The van der Waals surface area contributed by atoms with Gasteiger partial charge in [-0.2, -0.15) is 0 Å². The van der Waals surface area contributed by atoms with Crippen LogP contribution in [-0.4, -0.2) is 10.3 Å². The lowest BCUT2D eigenvalue weighted by molar-refractivity contribution is -0.135. The summed E-state index contributed by atoms with van der Waals surface area (Å²) in [6, 6.07) is 7.33. The molecule has 1 unspecified atom stereocenters. The molecular weight excluding hydrogens is 235 g/mol. The lowest BCUT2D eigenvalue weighted by Crippen LogP contribution is -2.14. The van der Waals surface area contributed by atoms with Crippen molar-refractivity contribution in [3.8, 4) is 5.75 Å². The Morgan fingerprint density at radius 1 is 1.47 bits per heavy atom. The van der Waals surface area contributed by atoms with Gasteiger partial charge in [-0.15, -0.1) is 23.2 Å². The number of para-hydroxylation sites is 1. The molecule has 1 aromatic rings. The van der Waals surface area contributed by atoms with Gasteiger partial charge in [-0.25, -0.2) is 0 Å². The maximum atomic E-state index is 11.6. The van der Waals surface area contributed by atoms with Gasteiger partial charge in [0, 0.05) is 0 Å². The normalized spacial score (nSPS) is 22.2. The van der Waals surface area contributed by atoms with Crippen LogP contribution in [0.2, 0.25) is 0 Å². The Morgan fingerprint density at radius 2 is 2.07 bits per heavy atom. The Balaban J connectivity index is 2.05. The number of rotatable bonds is 2. The van der Waals surface area contributed by atoms with Gasteiger partial charge in [-0.05, 0) is 25.0 Å². The van der Waals surface area contributed by atoms with Crippen LogP contribution in [0.4, 0.5) is 0 Å². The number of aryl methyl sites for hydroxylation is 1. The van der Waals surface area contributed by atoms with Gasteiger partial charge in [0.05, 0.1) is 5.92 Å². The second-order valence-electron chi connectivity index (χ2n) is 3.70. The predicted molar refractivity (Wildman–Crippen MR) is 59.4 cm³/mol. The van der Waals surface area contributed by atoms with E-state index in [9.17, 15) is 4.79 Å². The molecule has 0 aromatic heterocycles. The molecule has 0 amide bonds. The molecule has 1 atom stereocenters. The molecule has 1 aromatic carbocycles. The molecule has 0 spiro atoms. The maximum Gasteiger partial charge on any atom is 0.317 e. The zero-order valence-corrected chi connectivity index (χ0v) is 9.68. The van der Waals surface area contributed by atoms with Gasteiger partial charge in [0.15, 0.2) is 0 Å². The largest absolute Gasteiger partial charge is 0.426 e. The fourth-order valence-corrected chi connectivity index (χ4v) is 1.81. The van der Waals surface area contributed by atoms with Crippen molar-refractivity contribution in [2.75, 3.05) is 0 Å². The zero-order valence-electron chi connectivity index (χ0n) is 8.17. The van der Waals surface area contributed by atoms with E-state index in [1.54, 1.807) is 6.07 Å². The standard InChI is InChI=1S/C11H10Cl2O2/c1-7-4-2-3-5-9(7)15-10(14)8-6-11(8,12)13/h2-5,8H,6H2,1H3. The molecule has 4 heteroatoms. The summed E-state index contributed by atoms with van der Waals surface area (Å²) in [6.07, 6.45) is 0.473. The molecule has 0 aliphatic heterocycles. The highest BCUT2D eigenvalue weighted by Crippen LogP contribution is 2.53. The highest BCUT2D eigenvalue weighted by atomic mass is 35.5. The highest BCUT2D eigenvalue weighted by Gasteiger charge is 2.57. The fourth-order valence-electron chi connectivity index (χ4n) is 1.32. The van der Waals surface area contributed by atoms with E-state index < -0.39 is 4.33 Å². The molecule has 2 rings (SSSR count). The maximum absolute atomic E-state index is 11.6. The SMILES string of the molecule is Cc1ccccc1OC(=O)C1CC1(Cl)Cl. The van der Waals surface area contributed by atoms with E-state index >= 15 is 0 Å². The van der Waals surface area contributed by atoms with E-state index in [4.69, 9.17) is 27.9 Å². The minimum absolute atomic E-state index is 0.352. The average molecular weight is 245 g/mol.